The predicted octanol–water partition coefficient (Wildman–Crippen LogP) is 2.40. The molecule has 3 N–H and O–H groups in total. The lowest BCUT2D eigenvalue weighted by Gasteiger charge is -2.31. The number of nitrogens with one attached hydrogen (secondary N) is 1. The zero-order valence-corrected chi connectivity index (χ0v) is 17.5. The number of carbonyl (C=O) groups is 1. The van der Waals surface area contributed by atoms with Crippen molar-refractivity contribution in [3.8, 4) is 0 Å². The number of amides is 1. The van der Waals surface area contributed by atoms with Gasteiger partial charge >= 0.3 is 6.09 Å². The molecule has 24 heavy (non-hydrogen) atoms. The van der Waals surface area contributed by atoms with Crippen molar-refractivity contribution in [3.63, 3.8) is 0 Å². The fourth-order valence-electron chi connectivity index (χ4n) is 2.55. The maximum atomic E-state index is 11.7. The number of hydrogen-bond acceptors (Lipinski definition) is 5. The third-order valence-electron chi connectivity index (χ3n) is 3.77. The molecule has 1 aromatic rings. The van der Waals surface area contributed by atoms with Gasteiger partial charge in [0.25, 0.3) is 0 Å². The Kier molecular flexibility index (Phi) is 8.74. The van der Waals surface area contributed by atoms with Crippen molar-refractivity contribution in [2.45, 2.75) is 46.2 Å². The number of carbonyl (C=O) groups excluding carboxylic acids is 1. The second-order valence-electron chi connectivity index (χ2n) is 5.55. The van der Waals surface area contributed by atoms with E-state index < -0.39 is 0 Å². The van der Waals surface area contributed by atoms with Gasteiger partial charge in [-0.1, -0.05) is 0 Å². The zero-order valence-electron chi connectivity index (χ0n) is 14.4. The summed E-state index contributed by atoms with van der Waals surface area (Å²) in [6.45, 7) is 8.11. The summed E-state index contributed by atoms with van der Waals surface area (Å²) in [6.07, 6.45) is 1.45. The van der Waals surface area contributed by atoms with Gasteiger partial charge in [-0.15, -0.1) is 35.3 Å². The highest BCUT2D eigenvalue weighted by atomic mass is 127. The van der Waals surface area contributed by atoms with Gasteiger partial charge in [0.05, 0.1) is 23.9 Å². The smallest absolute Gasteiger partial charge is 0.409 e. The number of rotatable bonds is 4. The van der Waals surface area contributed by atoms with E-state index in [9.17, 15) is 4.79 Å². The van der Waals surface area contributed by atoms with Gasteiger partial charge in [-0.25, -0.2) is 14.8 Å². The normalized spacial score (nSPS) is 15.8. The first-order chi connectivity index (χ1) is 11.0. The minimum absolute atomic E-state index is 0. The van der Waals surface area contributed by atoms with E-state index in [0.29, 0.717) is 32.2 Å². The molecule has 0 aromatic carbocycles. The van der Waals surface area contributed by atoms with Crippen LogP contribution in [-0.2, 0) is 11.3 Å². The number of aliphatic imine (C=N–C) groups is 1. The van der Waals surface area contributed by atoms with Crippen molar-refractivity contribution in [2.75, 3.05) is 19.7 Å². The van der Waals surface area contributed by atoms with Crippen LogP contribution in [0, 0.1) is 13.8 Å². The molecule has 7 nitrogen and oxygen atoms in total. The second kappa shape index (κ2) is 10.0. The molecule has 136 valence electrons. The van der Waals surface area contributed by atoms with Gasteiger partial charge in [0.2, 0.25) is 0 Å². The standard InChI is InChI=1S/C15H25N5O2S.HI/c1-4-22-15(21)20-7-5-12(6-8-20)19-14(16)17-9-13-10(2)18-11(3)23-13;/h12H,4-9H2,1-3H3,(H3,16,17,19);1H. The fourth-order valence-corrected chi connectivity index (χ4v) is 3.41. The molecule has 0 unspecified atom stereocenters. The molecular weight excluding hydrogens is 441 g/mol. The van der Waals surface area contributed by atoms with Crippen molar-refractivity contribution in [3.05, 3.63) is 15.6 Å². The summed E-state index contributed by atoms with van der Waals surface area (Å²) in [6, 6.07) is 0.244. The van der Waals surface area contributed by atoms with Crippen LogP contribution in [0.5, 0.6) is 0 Å². The van der Waals surface area contributed by atoms with Crippen molar-refractivity contribution >= 4 is 47.4 Å². The average Bonchev–Trinajstić information content (AvgIpc) is 2.84. The molecule has 2 rings (SSSR count). The lowest BCUT2D eigenvalue weighted by atomic mass is 10.1. The van der Waals surface area contributed by atoms with Crippen LogP contribution >= 0.6 is 35.3 Å². The highest BCUT2D eigenvalue weighted by molar-refractivity contribution is 14.0. The second-order valence-corrected chi connectivity index (χ2v) is 6.84. The van der Waals surface area contributed by atoms with E-state index in [1.807, 2.05) is 20.8 Å². The predicted molar refractivity (Wildman–Crippen MR) is 107 cm³/mol. The zero-order chi connectivity index (χ0) is 16.8. The largest absolute Gasteiger partial charge is 0.450 e. The Balaban J connectivity index is 0.00000288. The van der Waals surface area contributed by atoms with Gasteiger partial charge in [0.1, 0.15) is 0 Å². The number of piperidine rings is 1. The number of halogens is 1. The molecular formula is C15H26IN5O2S. The SMILES string of the molecule is CCOC(=O)N1CCC(NC(N)=NCc2sc(C)nc2C)CC1.I. The van der Waals surface area contributed by atoms with E-state index in [1.165, 1.54) is 0 Å². The van der Waals surface area contributed by atoms with Gasteiger partial charge in [0, 0.05) is 24.0 Å². The third-order valence-corrected chi connectivity index (χ3v) is 4.82. The Labute approximate surface area is 164 Å². The number of likely N-dealkylation sites (tertiary alicyclic amines) is 1. The van der Waals surface area contributed by atoms with E-state index >= 15 is 0 Å². The summed E-state index contributed by atoms with van der Waals surface area (Å²) >= 11 is 1.65. The van der Waals surface area contributed by atoms with E-state index in [2.05, 4.69) is 15.3 Å². The molecule has 1 fully saturated rings. The average molecular weight is 467 g/mol. The Morgan fingerprint density at radius 3 is 2.67 bits per heavy atom. The highest BCUT2D eigenvalue weighted by Crippen LogP contribution is 2.18. The molecule has 9 heteroatoms. The van der Waals surface area contributed by atoms with Crippen LogP contribution in [-0.4, -0.2) is 47.7 Å². The van der Waals surface area contributed by atoms with Gasteiger partial charge in [-0.2, -0.15) is 0 Å². The monoisotopic (exact) mass is 467 g/mol. The summed E-state index contributed by atoms with van der Waals surface area (Å²) in [5, 5.41) is 4.29. The van der Waals surface area contributed by atoms with Crippen molar-refractivity contribution < 1.29 is 9.53 Å². The van der Waals surface area contributed by atoms with E-state index in [1.54, 1.807) is 16.2 Å². The number of hydrogen-bond donors (Lipinski definition) is 2. The molecule has 0 aliphatic carbocycles. The summed E-state index contributed by atoms with van der Waals surface area (Å²) in [4.78, 5) is 23.3. The maximum absolute atomic E-state index is 11.7. The van der Waals surface area contributed by atoms with Crippen LogP contribution < -0.4 is 11.1 Å². The summed E-state index contributed by atoms with van der Waals surface area (Å²) in [5.74, 6) is 0.449. The first-order valence-electron chi connectivity index (χ1n) is 7.90. The van der Waals surface area contributed by atoms with E-state index in [0.717, 1.165) is 28.4 Å². The van der Waals surface area contributed by atoms with Gasteiger partial charge in [0.15, 0.2) is 5.96 Å². The molecule has 0 atom stereocenters. The Hall–Kier alpha value is -1.10. The summed E-state index contributed by atoms with van der Waals surface area (Å²) in [7, 11) is 0. The van der Waals surface area contributed by atoms with Crippen LogP contribution in [0.3, 0.4) is 0 Å². The van der Waals surface area contributed by atoms with E-state index in [4.69, 9.17) is 10.5 Å². The van der Waals surface area contributed by atoms with Crippen LogP contribution in [0.15, 0.2) is 4.99 Å². The number of thiazole rings is 1. The number of nitrogens with two attached hydrogens (primary N) is 1. The lowest BCUT2D eigenvalue weighted by Crippen LogP contribution is -2.48. The number of guanidine groups is 1. The highest BCUT2D eigenvalue weighted by Gasteiger charge is 2.23. The topological polar surface area (TPSA) is 92.8 Å². The maximum Gasteiger partial charge on any atom is 0.409 e. The van der Waals surface area contributed by atoms with Crippen LogP contribution in [0.1, 0.15) is 35.3 Å². The van der Waals surface area contributed by atoms with Gasteiger partial charge in [-0.05, 0) is 33.6 Å². The summed E-state index contributed by atoms with van der Waals surface area (Å²) < 4.78 is 5.01. The van der Waals surface area contributed by atoms with Crippen LogP contribution in [0.25, 0.3) is 0 Å². The number of aryl methyl sites for hydroxylation is 2. The molecule has 1 saturated heterocycles. The minimum atomic E-state index is -0.233. The summed E-state index contributed by atoms with van der Waals surface area (Å²) in [5.41, 5.74) is 6.99. The number of nitrogens with zero attached hydrogens (tertiary/aromatic N) is 3. The molecule has 1 aliphatic heterocycles. The van der Waals surface area contributed by atoms with Crippen LogP contribution in [0.4, 0.5) is 4.79 Å². The number of aromatic nitrogens is 1. The number of ether oxygens (including phenoxy) is 1. The third kappa shape index (κ3) is 6.08. The van der Waals surface area contributed by atoms with Crippen molar-refractivity contribution in [1.29, 1.82) is 0 Å². The fraction of sp³-hybridized carbons (Fsp3) is 0.667. The Morgan fingerprint density at radius 1 is 1.46 bits per heavy atom. The molecule has 2 heterocycles. The van der Waals surface area contributed by atoms with Crippen LogP contribution in [0.2, 0.25) is 0 Å². The molecule has 1 aliphatic rings. The molecule has 1 amide bonds. The first-order valence-corrected chi connectivity index (χ1v) is 8.72. The van der Waals surface area contributed by atoms with Crippen molar-refractivity contribution in [2.24, 2.45) is 10.7 Å². The first kappa shape index (κ1) is 20.9. The molecule has 0 bridgehead atoms. The quantitative estimate of drug-likeness (QED) is 0.403. The molecule has 0 spiro atoms. The van der Waals surface area contributed by atoms with E-state index in [-0.39, 0.29) is 36.1 Å². The van der Waals surface area contributed by atoms with Crippen molar-refractivity contribution in [1.82, 2.24) is 15.2 Å². The minimum Gasteiger partial charge on any atom is -0.450 e. The molecule has 0 radical (unpaired) electrons. The Bertz CT molecular complexity index is 570. The molecule has 1 aromatic heterocycles. The van der Waals surface area contributed by atoms with Gasteiger partial charge < -0.3 is 20.7 Å². The van der Waals surface area contributed by atoms with Gasteiger partial charge in [-0.3, -0.25) is 0 Å². The Morgan fingerprint density at radius 2 is 2.12 bits per heavy atom. The lowest BCUT2D eigenvalue weighted by molar-refractivity contribution is 0.0963. The molecule has 0 saturated carbocycles.